The molecule has 0 N–H and O–H groups in total. The molecule has 2 heterocycles. The summed E-state index contributed by atoms with van der Waals surface area (Å²) < 4.78 is 5.42. The molecule has 1 aliphatic carbocycles. The van der Waals surface area contributed by atoms with Gasteiger partial charge in [0.05, 0.1) is 25.0 Å². The van der Waals surface area contributed by atoms with Gasteiger partial charge in [0, 0.05) is 30.7 Å². The Morgan fingerprint density at radius 3 is 2.55 bits per heavy atom. The molecule has 1 aliphatic heterocycles. The molecule has 1 aromatic carbocycles. The number of benzene rings is 1. The van der Waals surface area contributed by atoms with Gasteiger partial charge in [-0.2, -0.15) is 5.26 Å². The molecular formula is C24H24N2O3. The number of Topliss-reactive ketones (excluding diaryl/α,β-unsaturated/α-hetero) is 2. The number of fused-ring (bicyclic) bond motifs is 1. The number of hydrogen-bond acceptors (Lipinski definition) is 5. The maximum atomic E-state index is 13.0. The van der Waals surface area contributed by atoms with Gasteiger partial charge in [0.15, 0.2) is 11.6 Å². The fourth-order valence-electron chi connectivity index (χ4n) is 4.38. The summed E-state index contributed by atoms with van der Waals surface area (Å²) in [4.78, 5) is 30.0. The molecule has 4 atom stereocenters. The molecule has 5 heteroatoms. The van der Waals surface area contributed by atoms with Gasteiger partial charge < -0.3 is 4.74 Å². The molecule has 148 valence electrons. The van der Waals surface area contributed by atoms with Crippen LogP contribution in [0.4, 0.5) is 0 Å². The molecule has 0 bridgehead atoms. The third-order valence-corrected chi connectivity index (χ3v) is 6.18. The first-order chi connectivity index (χ1) is 14.1. The van der Waals surface area contributed by atoms with Crippen LogP contribution in [0.25, 0.3) is 0 Å². The zero-order valence-corrected chi connectivity index (χ0v) is 16.5. The minimum Gasteiger partial charge on any atom is -0.381 e. The third kappa shape index (κ3) is 3.99. The first-order valence-electron chi connectivity index (χ1n) is 10.2. The molecule has 2 fully saturated rings. The zero-order chi connectivity index (χ0) is 20.4. The predicted octanol–water partition coefficient (Wildman–Crippen LogP) is 4.19. The number of ketones is 2. The zero-order valence-electron chi connectivity index (χ0n) is 16.5. The summed E-state index contributed by atoms with van der Waals surface area (Å²) in [7, 11) is 0. The van der Waals surface area contributed by atoms with Crippen molar-refractivity contribution >= 4 is 11.6 Å². The van der Waals surface area contributed by atoms with E-state index in [2.05, 4.69) is 11.1 Å². The second kappa shape index (κ2) is 8.26. The first kappa shape index (κ1) is 19.5. The summed E-state index contributed by atoms with van der Waals surface area (Å²) in [5.74, 6) is 1.08. The lowest BCUT2D eigenvalue weighted by Crippen LogP contribution is -2.13. The van der Waals surface area contributed by atoms with Crippen LogP contribution < -0.4 is 0 Å². The number of nitrogens with zero attached hydrogens (tertiary/aromatic N) is 2. The lowest BCUT2D eigenvalue weighted by Gasteiger charge is -2.16. The summed E-state index contributed by atoms with van der Waals surface area (Å²) in [5, 5.41) is 9.36. The Balaban J connectivity index is 1.67. The van der Waals surface area contributed by atoms with E-state index in [0.717, 1.165) is 18.8 Å². The van der Waals surface area contributed by atoms with Crippen molar-refractivity contribution < 1.29 is 14.3 Å². The maximum absolute atomic E-state index is 13.0. The van der Waals surface area contributed by atoms with E-state index in [4.69, 9.17) is 4.74 Å². The van der Waals surface area contributed by atoms with Gasteiger partial charge in [0.2, 0.25) is 0 Å². The molecule has 1 aromatic heterocycles. The Bertz CT molecular complexity index is 954. The van der Waals surface area contributed by atoms with Crippen molar-refractivity contribution in [2.75, 3.05) is 13.2 Å². The minimum atomic E-state index is -0.272. The van der Waals surface area contributed by atoms with Crippen LogP contribution in [-0.4, -0.2) is 29.8 Å². The molecule has 1 saturated heterocycles. The van der Waals surface area contributed by atoms with Crippen LogP contribution in [0.2, 0.25) is 0 Å². The number of rotatable bonds is 8. The van der Waals surface area contributed by atoms with Crippen LogP contribution in [0.3, 0.4) is 0 Å². The Morgan fingerprint density at radius 2 is 1.90 bits per heavy atom. The normalized spacial score (nSPS) is 23.1. The van der Waals surface area contributed by atoms with Crippen molar-refractivity contribution in [3.8, 4) is 6.07 Å². The number of hydrogen-bond donors (Lipinski definition) is 0. The van der Waals surface area contributed by atoms with Gasteiger partial charge in [-0.15, -0.1) is 0 Å². The maximum Gasteiger partial charge on any atom is 0.180 e. The lowest BCUT2D eigenvalue weighted by atomic mass is 9.90. The summed E-state index contributed by atoms with van der Waals surface area (Å²) >= 11 is 0. The van der Waals surface area contributed by atoms with Crippen LogP contribution in [0, 0.1) is 29.1 Å². The van der Waals surface area contributed by atoms with Gasteiger partial charge >= 0.3 is 0 Å². The molecule has 4 rings (SSSR count). The molecule has 1 saturated carbocycles. The van der Waals surface area contributed by atoms with Crippen molar-refractivity contribution in [1.29, 1.82) is 5.26 Å². The fourth-order valence-corrected chi connectivity index (χ4v) is 4.38. The van der Waals surface area contributed by atoms with Crippen molar-refractivity contribution in [3.05, 3.63) is 65.0 Å². The highest BCUT2D eigenvalue weighted by atomic mass is 16.5. The summed E-state index contributed by atoms with van der Waals surface area (Å²) in [5.41, 5.74) is 2.40. The van der Waals surface area contributed by atoms with Crippen molar-refractivity contribution in [2.45, 2.75) is 32.1 Å². The number of nitriles is 1. The van der Waals surface area contributed by atoms with Crippen molar-refractivity contribution in [3.63, 3.8) is 0 Å². The summed E-state index contributed by atoms with van der Waals surface area (Å²) in [6.45, 7) is 3.29. The first-order valence-corrected chi connectivity index (χ1v) is 10.2. The molecule has 2 unspecified atom stereocenters. The SMILES string of the molecule is CCC(=O)c1cc(C(=O)CC2[C@H]3COC[C@@H]23)cc(C(CC#N)c2ccccc2)n1. The van der Waals surface area contributed by atoms with E-state index in [-0.39, 0.29) is 23.9 Å². The quantitative estimate of drug-likeness (QED) is 0.634. The highest BCUT2D eigenvalue weighted by molar-refractivity contribution is 6.00. The molecule has 0 spiro atoms. The average Bonchev–Trinajstić information content (AvgIpc) is 3.17. The molecule has 0 radical (unpaired) electrons. The second-order valence-electron chi connectivity index (χ2n) is 7.92. The van der Waals surface area contributed by atoms with Crippen molar-refractivity contribution in [1.82, 2.24) is 4.98 Å². The Morgan fingerprint density at radius 1 is 1.17 bits per heavy atom. The molecule has 5 nitrogen and oxygen atoms in total. The molecular weight excluding hydrogens is 364 g/mol. The second-order valence-corrected chi connectivity index (χ2v) is 7.92. The molecule has 2 aliphatic rings. The van der Waals surface area contributed by atoms with Crippen LogP contribution in [0.1, 0.15) is 64.2 Å². The van der Waals surface area contributed by atoms with E-state index in [1.807, 2.05) is 30.3 Å². The topological polar surface area (TPSA) is 80.0 Å². The summed E-state index contributed by atoms with van der Waals surface area (Å²) in [6.07, 6.45) is 1.04. The number of ether oxygens (including phenoxy) is 1. The number of aromatic nitrogens is 1. The van der Waals surface area contributed by atoms with Crippen LogP contribution in [0.15, 0.2) is 42.5 Å². The van der Waals surface area contributed by atoms with Crippen molar-refractivity contribution in [2.24, 2.45) is 17.8 Å². The lowest BCUT2D eigenvalue weighted by molar-refractivity contribution is 0.0950. The molecule has 2 aromatic rings. The van der Waals surface area contributed by atoms with E-state index >= 15 is 0 Å². The average molecular weight is 388 g/mol. The molecule has 29 heavy (non-hydrogen) atoms. The monoisotopic (exact) mass is 388 g/mol. The highest BCUT2D eigenvalue weighted by Gasteiger charge is 2.54. The van der Waals surface area contributed by atoms with Gasteiger partial charge in [0.1, 0.15) is 5.69 Å². The van der Waals surface area contributed by atoms with E-state index < -0.39 is 0 Å². The Hall–Kier alpha value is -2.84. The minimum absolute atomic E-state index is 0.0435. The predicted molar refractivity (Wildman–Crippen MR) is 108 cm³/mol. The third-order valence-electron chi connectivity index (χ3n) is 6.18. The largest absolute Gasteiger partial charge is 0.381 e. The standard InChI is InChI=1S/C24H24N2O3/c1-2-23(27)22-11-16(24(28)12-18-19-13-29-14-20(18)19)10-21(26-22)17(8-9-25)15-6-4-3-5-7-15/h3-7,10-11,17-20H,2,8,12-14H2,1H3/t17?,18?,19-,20+. The van der Waals surface area contributed by atoms with Gasteiger partial charge in [-0.25, -0.2) is 4.98 Å². The molecule has 0 amide bonds. The van der Waals surface area contributed by atoms with E-state index in [1.54, 1.807) is 19.1 Å². The number of carbonyl (C=O) groups excluding carboxylic acids is 2. The van der Waals surface area contributed by atoms with Crippen LogP contribution in [-0.2, 0) is 4.74 Å². The van der Waals surface area contributed by atoms with E-state index in [1.165, 1.54) is 0 Å². The van der Waals surface area contributed by atoms with Crippen LogP contribution in [0.5, 0.6) is 0 Å². The van der Waals surface area contributed by atoms with Crippen LogP contribution >= 0.6 is 0 Å². The number of carbonyl (C=O) groups is 2. The van der Waals surface area contributed by atoms with Gasteiger partial charge in [-0.05, 0) is 35.4 Å². The summed E-state index contributed by atoms with van der Waals surface area (Å²) in [6, 6.07) is 15.3. The van der Waals surface area contributed by atoms with Gasteiger partial charge in [-0.1, -0.05) is 37.3 Å². The number of pyridine rings is 1. The smallest absolute Gasteiger partial charge is 0.180 e. The van der Waals surface area contributed by atoms with E-state index in [9.17, 15) is 14.9 Å². The Kier molecular flexibility index (Phi) is 5.55. The Labute approximate surface area is 170 Å². The van der Waals surface area contributed by atoms with Gasteiger partial charge in [0.25, 0.3) is 0 Å². The van der Waals surface area contributed by atoms with Gasteiger partial charge in [-0.3, -0.25) is 9.59 Å². The highest BCUT2D eigenvalue weighted by Crippen LogP contribution is 2.53. The fraction of sp³-hybridized carbons (Fsp3) is 0.417. The van der Waals surface area contributed by atoms with E-state index in [0.29, 0.717) is 47.5 Å².